The van der Waals surface area contributed by atoms with Crippen molar-refractivity contribution in [1.29, 1.82) is 0 Å². The second kappa shape index (κ2) is 5.70. The third-order valence-electron chi connectivity index (χ3n) is 0.806. The number of rotatable bonds is 5. The van der Waals surface area contributed by atoms with Crippen molar-refractivity contribution in [2.45, 2.75) is 6.10 Å². The lowest BCUT2D eigenvalue weighted by atomic mass is 10.4. The van der Waals surface area contributed by atoms with E-state index in [0.717, 1.165) is 12.3 Å². The SMILES string of the molecule is O=C(O)C=COCC(O)CO. The highest BCUT2D eigenvalue weighted by molar-refractivity contribution is 5.79. The van der Waals surface area contributed by atoms with Gasteiger partial charge in [-0.15, -0.1) is 0 Å². The van der Waals surface area contributed by atoms with Crippen molar-refractivity contribution in [1.82, 2.24) is 0 Å². The Morgan fingerprint density at radius 1 is 1.64 bits per heavy atom. The number of aliphatic hydroxyl groups excluding tert-OH is 2. The summed E-state index contributed by atoms with van der Waals surface area (Å²) in [5, 5.41) is 25.0. The van der Waals surface area contributed by atoms with Crippen molar-refractivity contribution in [3.8, 4) is 0 Å². The average Bonchev–Trinajstić information content (AvgIpc) is 1.97. The Balaban J connectivity index is 3.33. The van der Waals surface area contributed by atoms with E-state index in [-0.39, 0.29) is 6.61 Å². The number of aliphatic hydroxyl groups is 2. The van der Waals surface area contributed by atoms with Gasteiger partial charge in [0.25, 0.3) is 0 Å². The predicted molar refractivity (Wildman–Crippen MR) is 35.8 cm³/mol. The molecule has 11 heavy (non-hydrogen) atoms. The molecule has 0 aromatic rings. The topological polar surface area (TPSA) is 87.0 Å². The summed E-state index contributed by atoms with van der Waals surface area (Å²) in [6.07, 6.45) is 0.777. The molecule has 3 N–H and O–H groups in total. The first-order valence-corrected chi connectivity index (χ1v) is 2.97. The van der Waals surface area contributed by atoms with Crippen LogP contribution in [0.5, 0.6) is 0 Å². The summed E-state index contributed by atoms with van der Waals surface area (Å²) in [5.74, 6) is -1.12. The molecule has 0 saturated carbocycles. The highest BCUT2D eigenvalue weighted by Gasteiger charge is 1.99. The fourth-order valence-electron chi connectivity index (χ4n) is 0.326. The first-order chi connectivity index (χ1) is 5.16. The van der Waals surface area contributed by atoms with Gasteiger partial charge in [0.2, 0.25) is 0 Å². The maximum atomic E-state index is 9.83. The lowest BCUT2D eigenvalue weighted by Crippen LogP contribution is -2.17. The van der Waals surface area contributed by atoms with Gasteiger partial charge in [0, 0.05) is 0 Å². The number of carbonyl (C=O) groups is 1. The van der Waals surface area contributed by atoms with Crippen molar-refractivity contribution in [2.75, 3.05) is 13.2 Å². The third-order valence-corrected chi connectivity index (χ3v) is 0.806. The van der Waals surface area contributed by atoms with Gasteiger partial charge < -0.3 is 20.1 Å². The van der Waals surface area contributed by atoms with Crippen LogP contribution in [0, 0.1) is 0 Å². The van der Waals surface area contributed by atoms with E-state index in [1.54, 1.807) is 0 Å². The Morgan fingerprint density at radius 3 is 2.73 bits per heavy atom. The molecule has 0 aliphatic heterocycles. The van der Waals surface area contributed by atoms with Gasteiger partial charge in [0.15, 0.2) is 0 Å². The molecule has 0 bridgehead atoms. The van der Waals surface area contributed by atoms with Gasteiger partial charge in [-0.2, -0.15) is 0 Å². The van der Waals surface area contributed by atoms with Crippen molar-refractivity contribution in [3.05, 3.63) is 12.3 Å². The van der Waals surface area contributed by atoms with E-state index in [1.807, 2.05) is 0 Å². The molecular weight excluding hydrogens is 152 g/mol. The molecule has 0 radical (unpaired) electrons. The second-order valence-electron chi connectivity index (χ2n) is 1.81. The summed E-state index contributed by atoms with van der Waals surface area (Å²) in [6, 6.07) is 0. The minimum absolute atomic E-state index is 0.111. The minimum atomic E-state index is -1.12. The molecule has 0 rings (SSSR count). The molecule has 1 unspecified atom stereocenters. The fourth-order valence-corrected chi connectivity index (χ4v) is 0.326. The van der Waals surface area contributed by atoms with Crippen LogP contribution in [-0.4, -0.2) is 40.6 Å². The van der Waals surface area contributed by atoms with Crippen LogP contribution in [0.15, 0.2) is 12.3 Å². The van der Waals surface area contributed by atoms with Gasteiger partial charge in [-0.3, -0.25) is 0 Å². The van der Waals surface area contributed by atoms with Crippen LogP contribution in [0.4, 0.5) is 0 Å². The van der Waals surface area contributed by atoms with Crippen molar-refractivity contribution in [3.63, 3.8) is 0 Å². The number of ether oxygens (including phenoxy) is 1. The molecule has 0 aromatic carbocycles. The lowest BCUT2D eigenvalue weighted by Gasteiger charge is -2.04. The van der Waals surface area contributed by atoms with Crippen LogP contribution >= 0.6 is 0 Å². The molecule has 64 valence electrons. The summed E-state index contributed by atoms with van der Waals surface area (Å²) in [7, 11) is 0. The first-order valence-electron chi connectivity index (χ1n) is 2.97. The maximum Gasteiger partial charge on any atom is 0.331 e. The Kier molecular flexibility index (Phi) is 5.14. The van der Waals surface area contributed by atoms with Crippen LogP contribution in [0.25, 0.3) is 0 Å². The van der Waals surface area contributed by atoms with Gasteiger partial charge in [0.1, 0.15) is 12.7 Å². The minimum Gasteiger partial charge on any atom is -0.498 e. The zero-order chi connectivity index (χ0) is 8.69. The second-order valence-corrected chi connectivity index (χ2v) is 1.81. The van der Waals surface area contributed by atoms with E-state index in [9.17, 15) is 4.79 Å². The fraction of sp³-hybridized carbons (Fsp3) is 0.500. The van der Waals surface area contributed by atoms with Gasteiger partial charge in [-0.1, -0.05) is 0 Å². The van der Waals surface area contributed by atoms with Crippen molar-refractivity contribution < 1.29 is 24.9 Å². The molecule has 0 aliphatic rings. The van der Waals surface area contributed by atoms with E-state index in [0.29, 0.717) is 0 Å². The Bertz CT molecular complexity index is 142. The first kappa shape index (κ1) is 9.93. The summed E-state index contributed by atoms with van der Waals surface area (Å²) in [6.45, 7) is -0.513. The van der Waals surface area contributed by atoms with E-state index in [1.165, 1.54) is 0 Å². The summed E-state index contributed by atoms with van der Waals surface area (Å²) in [4.78, 5) is 9.83. The van der Waals surface area contributed by atoms with Crippen LogP contribution in [0.1, 0.15) is 0 Å². The summed E-state index contributed by atoms with van der Waals surface area (Å²) in [5.41, 5.74) is 0. The molecule has 5 nitrogen and oxygen atoms in total. The lowest BCUT2D eigenvalue weighted by molar-refractivity contribution is -0.131. The van der Waals surface area contributed by atoms with Gasteiger partial charge >= 0.3 is 5.97 Å². The highest BCUT2D eigenvalue weighted by atomic mass is 16.5. The van der Waals surface area contributed by atoms with Crippen LogP contribution < -0.4 is 0 Å². The maximum absolute atomic E-state index is 9.83. The van der Waals surface area contributed by atoms with Gasteiger partial charge in [0.05, 0.1) is 18.9 Å². The Morgan fingerprint density at radius 2 is 2.27 bits per heavy atom. The monoisotopic (exact) mass is 162 g/mol. The smallest absolute Gasteiger partial charge is 0.331 e. The van der Waals surface area contributed by atoms with Crippen LogP contribution in [-0.2, 0) is 9.53 Å². The zero-order valence-corrected chi connectivity index (χ0v) is 5.80. The Hall–Kier alpha value is -1.07. The molecule has 0 heterocycles. The molecule has 0 amide bonds. The average molecular weight is 162 g/mol. The normalized spacial score (nSPS) is 13.3. The highest BCUT2D eigenvalue weighted by Crippen LogP contribution is 1.84. The quantitative estimate of drug-likeness (QED) is 0.355. The van der Waals surface area contributed by atoms with Gasteiger partial charge in [-0.05, 0) is 0 Å². The van der Waals surface area contributed by atoms with E-state index in [2.05, 4.69) is 4.74 Å². The third kappa shape index (κ3) is 6.82. The molecule has 0 fully saturated rings. The van der Waals surface area contributed by atoms with E-state index >= 15 is 0 Å². The molecule has 0 saturated heterocycles. The predicted octanol–water partition coefficient (Wildman–Crippen LogP) is -1.05. The van der Waals surface area contributed by atoms with Crippen molar-refractivity contribution >= 4 is 5.97 Å². The molecule has 0 spiro atoms. The number of hydrogen-bond donors (Lipinski definition) is 3. The molecule has 5 heteroatoms. The number of carboxylic acid groups (broad SMARTS) is 1. The largest absolute Gasteiger partial charge is 0.498 e. The molecule has 0 aromatic heterocycles. The van der Waals surface area contributed by atoms with Crippen molar-refractivity contribution in [2.24, 2.45) is 0 Å². The standard InChI is InChI=1S/C6H10O5/c7-3-5(8)4-11-2-1-6(9)10/h1-2,5,7-8H,3-4H2,(H,9,10). The number of hydrogen-bond acceptors (Lipinski definition) is 4. The summed E-state index contributed by atoms with van der Waals surface area (Å²) >= 11 is 0. The molecular formula is C6H10O5. The van der Waals surface area contributed by atoms with Crippen LogP contribution in [0.2, 0.25) is 0 Å². The van der Waals surface area contributed by atoms with Crippen LogP contribution in [0.3, 0.4) is 0 Å². The summed E-state index contributed by atoms with van der Waals surface area (Å²) < 4.78 is 4.53. The van der Waals surface area contributed by atoms with E-state index < -0.39 is 18.7 Å². The Labute approximate surface area is 63.5 Å². The zero-order valence-electron chi connectivity index (χ0n) is 5.80. The van der Waals surface area contributed by atoms with Gasteiger partial charge in [-0.25, -0.2) is 4.79 Å². The number of aliphatic carboxylic acids is 1. The number of carboxylic acids is 1. The van der Waals surface area contributed by atoms with E-state index in [4.69, 9.17) is 15.3 Å². The molecule has 1 atom stereocenters. The molecule has 0 aliphatic carbocycles.